The second-order valence-electron chi connectivity index (χ2n) is 6.31. The molecule has 0 bridgehead atoms. The molecule has 0 N–H and O–H groups in total. The zero-order valence-corrected chi connectivity index (χ0v) is 14.4. The van der Waals surface area contributed by atoms with E-state index in [0.29, 0.717) is 12.5 Å². The Morgan fingerprint density at radius 2 is 1.78 bits per heavy atom. The number of amides is 1. The summed E-state index contributed by atoms with van der Waals surface area (Å²) < 4.78 is 5.16. The summed E-state index contributed by atoms with van der Waals surface area (Å²) in [5.41, 5.74) is 3.04. The Morgan fingerprint density at radius 1 is 1.09 bits per heavy atom. The van der Waals surface area contributed by atoms with Crippen molar-refractivity contribution in [3.8, 4) is 5.75 Å². The summed E-state index contributed by atoms with van der Waals surface area (Å²) in [5.74, 6) is 1.45. The Kier molecular flexibility index (Phi) is 5.80. The minimum atomic E-state index is 0.0476. The highest BCUT2D eigenvalue weighted by atomic mass is 16.5. The lowest BCUT2D eigenvalue weighted by Gasteiger charge is -2.18. The Morgan fingerprint density at radius 3 is 2.39 bits per heavy atom. The van der Waals surface area contributed by atoms with Gasteiger partial charge in [-0.05, 0) is 47.7 Å². The first-order valence-electron chi connectivity index (χ1n) is 7.97. The zero-order chi connectivity index (χ0) is 16.8. The molecule has 122 valence electrons. The third-order valence-electron chi connectivity index (χ3n) is 3.74. The van der Waals surface area contributed by atoms with Gasteiger partial charge in [-0.2, -0.15) is 0 Å². The number of hydrogen-bond donors (Lipinski definition) is 0. The predicted molar refractivity (Wildman–Crippen MR) is 93.8 cm³/mol. The molecule has 0 atom stereocenters. The largest absolute Gasteiger partial charge is 0.497 e. The minimum absolute atomic E-state index is 0.0476. The minimum Gasteiger partial charge on any atom is -0.497 e. The zero-order valence-electron chi connectivity index (χ0n) is 14.4. The van der Waals surface area contributed by atoms with E-state index in [9.17, 15) is 4.79 Å². The van der Waals surface area contributed by atoms with Crippen LogP contribution in [0.3, 0.4) is 0 Å². The van der Waals surface area contributed by atoms with E-state index in [1.807, 2.05) is 49.5 Å². The molecule has 0 aromatic heterocycles. The van der Waals surface area contributed by atoms with Gasteiger partial charge >= 0.3 is 0 Å². The van der Waals surface area contributed by atoms with Crippen LogP contribution in [0.25, 0.3) is 0 Å². The molecule has 2 rings (SSSR count). The van der Waals surface area contributed by atoms with Gasteiger partial charge in [-0.1, -0.05) is 38.1 Å². The molecule has 0 saturated carbocycles. The maximum Gasteiger partial charge on any atom is 0.253 e. The summed E-state index contributed by atoms with van der Waals surface area (Å²) in [4.78, 5) is 14.4. The summed E-state index contributed by atoms with van der Waals surface area (Å²) in [6.07, 6.45) is 0.989. The topological polar surface area (TPSA) is 29.5 Å². The molecule has 0 aliphatic rings. The van der Waals surface area contributed by atoms with Crippen LogP contribution in [-0.2, 0) is 13.0 Å². The van der Waals surface area contributed by atoms with Crippen molar-refractivity contribution in [3.63, 3.8) is 0 Å². The van der Waals surface area contributed by atoms with Crippen LogP contribution >= 0.6 is 0 Å². The number of carbonyl (C=O) groups excluding carboxylic acids is 1. The van der Waals surface area contributed by atoms with Crippen LogP contribution in [0.5, 0.6) is 5.75 Å². The fourth-order valence-electron chi connectivity index (χ4n) is 2.60. The summed E-state index contributed by atoms with van der Waals surface area (Å²) in [5, 5.41) is 0. The van der Waals surface area contributed by atoms with Gasteiger partial charge in [0.1, 0.15) is 5.75 Å². The first-order chi connectivity index (χ1) is 11.0. The van der Waals surface area contributed by atoms with Crippen LogP contribution in [0.4, 0.5) is 0 Å². The molecule has 3 nitrogen and oxygen atoms in total. The summed E-state index contributed by atoms with van der Waals surface area (Å²) >= 11 is 0. The molecule has 0 heterocycles. The van der Waals surface area contributed by atoms with Crippen molar-refractivity contribution >= 4 is 5.91 Å². The predicted octanol–water partition coefficient (Wildman–Crippen LogP) is 4.17. The SMILES string of the molecule is COc1ccc(CN(C)C(=O)c2cccc(CC(C)C)c2)cc1. The van der Waals surface area contributed by atoms with Crippen molar-refractivity contribution in [2.24, 2.45) is 5.92 Å². The second kappa shape index (κ2) is 7.82. The van der Waals surface area contributed by atoms with Crippen LogP contribution in [0.1, 0.15) is 35.3 Å². The van der Waals surface area contributed by atoms with E-state index in [1.54, 1.807) is 12.0 Å². The molecular weight excluding hydrogens is 286 g/mol. The fourth-order valence-corrected chi connectivity index (χ4v) is 2.60. The van der Waals surface area contributed by atoms with Crippen LogP contribution < -0.4 is 4.74 Å². The van der Waals surface area contributed by atoms with Crippen molar-refractivity contribution < 1.29 is 9.53 Å². The molecule has 2 aromatic rings. The number of benzene rings is 2. The van der Waals surface area contributed by atoms with Crippen LogP contribution in [0.2, 0.25) is 0 Å². The van der Waals surface area contributed by atoms with E-state index < -0.39 is 0 Å². The smallest absolute Gasteiger partial charge is 0.253 e. The van der Waals surface area contributed by atoms with Gasteiger partial charge in [0.05, 0.1) is 7.11 Å². The van der Waals surface area contributed by atoms with Gasteiger partial charge in [0.2, 0.25) is 0 Å². The molecule has 0 aliphatic carbocycles. The molecule has 0 aliphatic heterocycles. The molecule has 23 heavy (non-hydrogen) atoms. The molecule has 0 saturated heterocycles. The molecule has 0 fully saturated rings. The molecule has 0 spiro atoms. The lowest BCUT2D eigenvalue weighted by Crippen LogP contribution is -2.26. The maximum atomic E-state index is 12.6. The number of rotatable bonds is 6. The van der Waals surface area contributed by atoms with Crippen molar-refractivity contribution in [2.75, 3.05) is 14.2 Å². The third-order valence-corrected chi connectivity index (χ3v) is 3.74. The number of hydrogen-bond acceptors (Lipinski definition) is 2. The van der Waals surface area contributed by atoms with Gasteiger partial charge in [0.15, 0.2) is 0 Å². The van der Waals surface area contributed by atoms with E-state index in [0.717, 1.165) is 23.3 Å². The van der Waals surface area contributed by atoms with Gasteiger partial charge in [0.25, 0.3) is 5.91 Å². The molecule has 0 unspecified atom stereocenters. The van der Waals surface area contributed by atoms with Crippen LogP contribution in [0.15, 0.2) is 48.5 Å². The summed E-state index contributed by atoms with van der Waals surface area (Å²) in [6, 6.07) is 15.7. The average molecular weight is 311 g/mol. The number of methoxy groups -OCH3 is 1. The van der Waals surface area contributed by atoms with Crippen molar-refractivity contribution in [1.82, 2.24) is 4.90 Å². The molecule has 0 radical (unpaired) electrons. The van der Waals surface area contributed by atoms with E-state index in [-0.39, 0.29) is 5.91 Å². The van der Waals surface area contributed by atoms with E-state index in [1.165, 1.54) is 5.56 Å². The molecule has 1 amide bonds. The van der Waals surface area contributed by atoms with Gasteiger partial charge in [-0.15, -0.1) is 0 Å². The second-order valence-corrected chi connectivity index (χ2v) is 6.31. The van der Waals surface area contributed by atoms with E-state index in [2.05, 4.69) is 19.9 Å². The van der Waals surface area contributed by atoms with Crippen molar-refractivity contribution in [3.05, 3.63) is 65.2 Å². The van der Waals surface area contributed by atoms with Gasteiger partial charge in [-0.25, -0.2) is 0 Å². The van der Waals surface area contributed by atoms with Crippen molar-refractivity contribution in [1.29, 1.82) is 0 Å². The quantitative estimate of drug-likeness (QED) is 0.801. The van der Waals surface area contributed by atoms with E-state index >= 15 is 0 Å². The Hall–Kier alpha value is -2.29. The lowest BCUT2D eigenvalue weighted by atomic mass is 10.0. The first-order valence-corrected chi connectivity index (χ1v) is 7.97. The first kappa shape index (κ1) is 17.1. The lowest BCUT2D eigenvalue weighted by molar-refractivity contribution is 0.0785. The standard InChI is InChI=1S/C20H25NO2/c1-15(2)12-17-6-5-7-18(13-17)20(22)21(3)14-16-8-10-19(23-4)11-9-16/h5-11,13,15H,12,14H2,1-4H3. The maximum absolute atomic E-state index is 12.6. The Labute approximate surface area is 138 Å². The highest BCUT2D eigenvalue weighted by Gasteiger charge is 2.13. The highest BCUT2D eigenvalue weighted by molar-refractivity contribution is 5.94. The van der Waals surface area contributed by atoms with Crippen LogP contribution in [0, 0.1) is 5.92 Å². The fraction of sp³-hybridized carbons (Fsp3) is 0.350. The third kappa shape index (κ3) is 4.85. The van der Waals surface area contributed by atoms with Gasteiger partial charge in [-0.3, -0.25) is 4.79 Å². The summed E-state index contributed by atoms with van der Waals surface area (Å²) in [7, 11) is 3.48. The molecule has 2 aromatic carbocycles. The van der Waals surface area contributed by atoms with Crippen LogP contribution in [-0.4, -0.2) is 25.0 Å². The number of carbonyl (C=O) groups is 1. The van der Waals surface area contributed by atoms with E-state index in [4.69, 9.17) is 4.74 Å². The molecule has 3 heteroatoms. The van der Waals surface area contributed by atoms with Crippen molar-refractivity contribution in [2.45, 2.75) is 26.8 Å². The Balaban J connectivity index is 2.06. The average Bonchev–Trinajstić information content (AvgIpc) is 2.54. The summed E-state index contributed by atoms with van der Waals surface area (Å²) in [6.45, 7) is 4.95. The monoisotopic (exact) mass is 311 g/mol. The molecular formula is C20H25NO2. The number of ether oxygens (including phenoxy) is 1. The Bertz CT molecular complexity index is 647. The highest BCUT2D eigenvalue weighted by Crippen LogP contribution is 2.15. The normalized spacial score (nSPS) is 10.7. The van der Waals surface area contributed by atoms with Gasteiger partial charge in [0, 0.05) is 19.2 Å². The van der Waals surface area contributed by atoms with Gasteiger partial charge < -0.3 is 9.64 Å². The number of nitrogens with zero attached hydrogens (tertiary/aromatic N) is 1.